The van der Waals surface area contributed by atoms with Crippen LogP contribution in [0.5, 0.6) is 5.75 Å². The Bertz CT molecular complexity index is 472. The Balaban J connectivity index is 2.14. The largest absolute Gasteiger partial charge is 0.494 e. The summed E-state index contributed by atoms with van der Waals surface area (Å²) in [4.78, 5) is 0. The van der Waals surface area contributed by atoms with Crippen molar-refractivity contribution in [1.82, 2.24) is 5.32 Å². The fourth-order valence-electron chi connectivity index (χ4n) is 3.81. The summed E-state index contributed by atoms with van der Waals surface area (Å²) < 4.78 is 18.9. The van der Waals surface area contributed by atoms with E-state index >= 15 is 0 Å². The summed E-state index contributed by atoms with van der Waals surface area (Å²) in [6.07, 6.45) is 4.74. The Morgan fingerprint density at radius 3 is 2.71 bits per heavy atom. The molecule has 0 spiro atoms. The van der Waals surface area contributed by atoms with Crippen LogP contribution in [0.15, 0.2) is 18.2 Å². The molecule has 0 saturated heterocycles. The minimum atomic E-state index is -0.268. The molecule has 2 unspecified atom stereocenters. The van der Waals surface area contributed by atoms with Crippen molar-refractivity contribution in [2.45, 2.75) is 52.5 Å². The fraction of sp³-hybridized carbons (Fsp3) is 0.667. The Morgan fingerprint density at radius 2 is 2.19 bits per heavy atom. The van der Waals surface area contributed by atoms with Crippen molar-refractivity contribution in [3.8, 4) is 5.75 Å². The SMILES string of the molecule is CCNC(Cc1ccc(OC)c(F)c1)C1CCCC1(C)C. The fourth-order valence-corrected chi connectivity index (χ4v) is 3.81. The Labute approximate surface area is 128 Å². The van der Waals surface area contributed by atoms with Crippen LogP contribution in [-0.2, 0) is 6.42 Å². The second-order valence-corrected chi connectivity index (χ2v) is 6.82. The average Bonchev–Trinajstić information content (AvgIpc) is 2.78. The first kappa shape index (κ1) is 16.3. The van der Waals surface area contributed by atoms with Crippen LogP contribution < -0.4 is 10.1 Å². The number of likely N-dealkylation sites (N-methyl/N-ethyl adjacent to an activating group) is 1. The first-order valence-electron chi connectivity index (χ1n) is 8.03. The van der Waals surface area contributed by atoms with Crippen LogP contribution in [0.2, 0.25) is 0 Å². The maximum Gasteiger partial charge on any atom is 0.165 e. The third kappa shape index (κ3) is 3.76. The normalized spacial score (nSPS) is 22.2. The minimum absolute atomic E-state index is 0.268. The zero-order chi connectivity index (χ0) is 15.5. The highest BCUT2D eigenvalue weighted by atomic mass is 19.1. The number of hydrogen-bond acceptors (Lipinski definition) is 2. The van der Waals surface area contributed by atoms with Crippen molar-refractivity contribution in [3.63, 3.8) is 0 Å². The maximum absolute atomic E-state index is 13.9. The molecule has 21 heavy (non-hydrogen) atoms. The Morgan fingerprint density at radius 1 is 1.43 bits per heavy atom. The lowest BCUT2D eigenvalue weighted by atomic mass is 9.76. The number of ether oxygens (including phenoxy) is 1. The molecular formula is C18H28FNO. The van der Waals surface area contributed by atoms with Gasteiger partial charge in [-0.2, -0.15) is 0 Å². The van der Waals surface area contributed by atoms with Crippen molar-refractivity contribution in [2.24, 2.45) is 11.3 Å². The van der Waals surface area contributed by atoms with Crippen molar-refractivity contribution in [2.75, 3.05) is 13.7 Å². The van der Waals surface area contributed by atoms with Gasteiger partial charge in [-0.05, 0) is 54.8 Å². The van der Waals surface area contributed by atoms with Crippen LogP contribution >= 0.6 is 0 Å². The molecule has 0 heterocycles. The molecule has 3 heteroatoms. The number of hydrogen-bond donors (Lipinski definition) is 1. The summed E-state index contributed by atoms with van der Waals surface area (Å²) in [5.74, 6) is 0.707. The number of nitrogens with one attached hydrogen (secondary N) is 1. The molecule has 0 aliphatic heterocycles. The molecule has 2 atom stereocenters. The summed E-state index contributed by atoms with van der Waals surface area (Å²) in [7, 11) is 1.50. The van der Waals surface area contributed by atoms with Crippen LogP contribution in [0.3, 0.4) is 0 Å². The van der Waals surface area contributed by atoms with Crippen LogP contribution in [0.1, 0.15) is 45.6 Å². The Kier molecular flexibility index (Phi) is 5.26. The first-order chi connectivity index (χ1) is 9.97. The second-order valence-electron chi connectivity index (χ2n) is 6.82. The van der Waals surface area contributed by atoms with Crippen molar-refractivity contribution >= 4 is 0 Å². The number of methoxy groups -OCH3 is 1. The number of rotatable bonds is 6. The topological polar surface area (TPSA) is 21.3 Å². The molecule has 2 nitrogen and oxygen atoms in total. The van der Waals surface area contributed by atoms with Gasteiger partial charge in [0.05, 0.1) is 7.11 Å². The molecule has 1 aromatic rings. The lowest BCUT2D eigenvalue weighted by Crippen LogP contribution is -2.42. The molecule has 1 aliphatic carbocycles. The summed E-state index contributed by atoms with van der Waals surface area (Å²) >= 11 is 0. The van der Waals surface area contributed by atoms with E-state index in [1.807, 2.05) is 6.07 Å². The molecule has 0 amide bonds. The minimum Gasteiger partial charge on any atom is -0.494 e. The third-order valence-corrected chi connectivity index (χ3v) is 4.96. The second kappa shape index (κ2) is 6.78. The maximum atomic E-state index is 13.9. The van der Waals surface area contributed by atoms with Gasteiger partial charge >= 0.3 is 0 Å². The van der Waals surface area contributed by atoms with E-state index in [0.29, 0.717) is 23.1 Å². The van der Waals surface area contributed by atoms with Crippen molar-refractivity contribution < 1.29 is 9.13 Å². The first-order valence-corrected chi connectivity index (χ1v) is 8.03. The average molecular weight is 293 g/mol. The lowest BCUT2D eigenvalue weighted by Gasteiger charge is -2.35. The Hall–Kier alpha value is -1.09. The predicted octanol–water partition coefficient (Wildman–Crippen LogP) is 4.18. The van der Waals surface area contributed by atoms with Gasteiger partial charge in [0, 0.05) is 6.04 Å². The molecule has 1 aliphatic rings. The van der Waals surface area contributed by atoms with E-state index in [0.717, 1.165) is 18.5 Å². The standard InChI is InChI=1S/C18H28FNO/c1-5-20-16(14-7-6-10-18(14,2)3)12-13-8-9-17(21-4)15(19)11-13/h8-9,11,14,16,20H,5-7,10,12H2,1-4H3. The highest BCUT2D eigenvalue weighted by Gasteiger charge is 2.39. The smallest absolute Gasteiger partial charge is 0.165 e. The summed E-state index contributed by atoms with van der Waals surface area (Å²) in [5, 5.41) is 3.62. The van der Waals surface area contributed by atoms with Gasteiger partial charge in [-0.25, -0.2) is 4.39 Å². The molecule has 0 radical (unpaired) electrons. The molecule has 0 bridgehead atoms. The predicted molar refractivity (Wildman–Crippen MR) is 85.2 cm³/mol. The zero-order valence-electron chi connectivity index (χ0n) is 13.7. The number of benzene rings is 1. The zero-order valence-corrected chi connectivity index (χ0v) is 13.7. The summed E-state index contributed by atoms with van der Waals surface area (Å²) in [5.41, 5.74) is 1.42. The van der Waals surface area contributed by atoms with Gasteiger partial charge in [-0.1, -0.05) is 33.3 Å². The van der Waals surface area contributed by atoms with Gasteiger partial charge in [-0.3, -0.25) is 0 Å². The molecule has 2 rings (SSSR count). The quantitative estimate of drug-likeness (QED) is 0.849. The molecular weight excluding hydrogens is 265 g/mol. The van der Waals surface area contributed by atoms with Crippen LogP contribution in [0.25, 0.3) is 0 Å². The molecule has 1 fully saturated rings. The third-order valence-electron chi connectivity index (χ3n) is 4.96. The van der Waals surface area contributed by atoms with E-state index < -0.39 is 0 Å². The monoisotopic (exact) mass is 293 g/mol. The van der Waals surface area contributed by atoms with Crippen molar-refractivity contribution in [1.29, 1.82) is 0 Å². The van der Waals surface area contributed by atoms with E-state index in [1.165, 1.54) is 26.4 Å². The van der Waals surface area contributed by atoms with Gasteiger partial charge in [-0.15, -0.1) is 0 Å². The van der Waals surface area contributed by atoms with E-state index in [4.69, 9.17) is 4.74 Å². The summed E-state index contributed by atoms with van der Waals surface area (Å²) in [6, 6.07) is 5.74. The van der Waals surface area contributed by atoms with Gasteiger partial charge < -0.3 is 10.1 Å². The van der Waals surface area contributed by atoms with Gasteiger partial charge in [0.2, 0.25) is 0 Å². The lowest BCUT2D eigenvalue weighted by molar-refractivity contribution is 0.197. The molecule has 1 saturated carbocycles. The van der Waals surface area contributed by atoms with E-state index in [-0.39, 0.29) is 5.82 Å². The molecule has 118 valence electrons. The van der Waals surface area contributed by atoms with E-state index in [1.54, 1.807) is 12.1 Å². The van der Waals surface area contributed by atoms with E-state index in [2.05, 4.69) is 26.1 Å². The van der Waals surface area contributed by atoms with Gasteiger partial charge in [0.25, 0.3) is 0 Å². The molecule has 1 N–H and O–H groups in total. The van der Waals surface area contributed by atoms with Crippen LogP contribution in [0, 0.1) is 17.2 Å². The van der Waals surface area contributed by atoms with E-state index in [9.17, 15) is 4.39 Å². The number of halogens is 1. The summed E-state index contributed by atoms with van der Waals surface area (Å²) in [6.45, 7) is 7.83. The van der Waals surface area contributed by atoms with Crippen LogP contribution in [0.4, 0.5) is 4.39 Å². The van der Waals surface area contributed by atoms with Crippen molar-refractivity contribution in [3.05, 3.63) is 29.6 Å². The highest BCUT2D eigenvalue weighted by molar-refractivity contribution is 5.30. The van der Waals surface area contributed by atoms with Crippen LogP contribution in [-0.4, -0.2) is 19.7 Å². The highest BCUT2D eigenvalue weighted by Crippen LogP contribution is 2.45. The van der Waals surface area contributed by atoms with Gasteiger partial charge in [0.1, 0.15) is 0 Å². The molecule has 0 aromatic heterocycles. The molecule has 1 aromatic carbocycles. The van der Waals surface area contributed by atoms with Gasteiger partial charge in [0.15, 0.2) is 11.6 Å².